The second kappa shape index (κ2) is 9.61. The number of nitrogens with zero attached hydrogens (tertiary/aromatic N) is 1. The Bertz CT molecular complexity index is 2480. The number of pyridine rings is 1. The van der Waals surface area contributed by atoms with Crippen molar-refractivity contribution in [2.24, 2.45) is 0 Å². The van der Waals surface area contributed by atoms with Crippen LogP contribution in [0.3, 0.4) is 0 Å². The van der Waals surface area contributed by atoms with Gasteiger partial charge in [0.1, 0.15) is 22.7 Å². The lowest BCUT2D eigenvalue weighted by atomic mass is 9.78. The molecule has 0 bridgehead atoms. The van der Waals surface area contributed by atoms with Crippen molar-refractivity contribution >= 4 is 34.1 Å². The Hall–Kier alpha value is -5.29. The molecule has 0 radical (unpaired) electrons. The molecule has 1 spiro atoms. The number of hydrogen-bond donors (Lipinski definition) is 4. The number of rotatable bonds is 3. The Morgan fingerprint density at radius 3 is 2.23 bits per heavy atom. The van der Waals surface area contributed by atoms with Crippen molar-refractivity contribution in [2.45, 2.75) is 25.2 Å². The topological polar surface area (TPSA) is 174 Å². The van der Waals surface area contributed by atoms with Gasteiger partial charge in [0.2, 0.25) is 16.3 Å². The Labute approximate surface area is 246 Å². The molecular formula is C33H26N2O9. The number of ether oxygens (including phenoxy) is 1. The van der Waals surface area contributed by atoms with Crippen LogP contribution in [0.1, 0.15) is 30.2 Å². The molecule has 1 aromatic heterocycles. The maximum Gasteiger partial charge on any atom is 0.260 e. The summed E-state index contributed by atoms with van der Waals surface area (Å²) >= 11 is 0. The van der Waals surface area contributed by atoms with Crippen LogP contribution in [-0.2, 0) is 16.6 Å². The zero-order chi connectivity index (χ0) is 31.1. The van der Waals surface area contributed by atoms with Crippen LogP contribution in [0.5, 0.6) is 5.75 Å². The fourth-order valence-electron chi connectivity index (χ4n) is 7.03. The normalized spacial score (nSPS) is 19.8. The lowest BCUT2D eigenvalue weighted by molar-refractivity contribution is 0.122. The van der Waals surface area contributed by atoms with Gasteiger partial charge in [-0.05, 0) is 42.9 Å². The summed E-state index contributed by atoms with van der Waals surface area (Å²) in [6, 6.07) is 4.36. The van der Waals surface area contributed by atoms with Gasteiger partial charge in [0.05, 0.1) is 45.2 Å². The van der Waals surface area contributed by atoms with Gasteiger partial charge < -0.3 is 29.9 Å². The Morgan fingerprint density at radius 2 is 1.55 bits per heavy atom. The first kappa shape index (κ1) is 27.5. The molecule has 11 heteroatoms. The first-order chi connectivity index (χ1) is 21.1. The molecule has 1 fully saturated rings. The highest BCUT2D eigenvalue weighted by atomic mass is 16.5. The first-order valence-corrected chi connectivity index (χ1v) is 14.2. The third kappa shape index (κ3) is 3.50. The molecule has 7 rings (SSSR count). The molecule has 0 unspecified atom stereocenters. The third-order valence-corrected chi connectivity index (χ3v) is 9.00. The number of anilines is 1. The minimum atomic E-state index is -1.93. The smallest absolute Gasteiger partial charge is 0.260 e. The predicted octanol–water partition coefficient (Wildman–Crippen LogP) is -0.0690. The number of morpholine rings is 1. The van der Waals surface area contributed by atoms with Crippen LogP contribution in [0.25, 0.3) is 28.4 Å². The minimum absolute atomic E-state index is 0.0135. The number of allylic oxidation sites excluding steroid dienone is 3. The summed E-state index contributed by atoms with van der Waals surface area (Å²) in [6.45, 7) is 3.06. The second-order valence-corrected chi connectivity index (χ2v) is 11.2. The van der Waals surface area contributed by atoms with E-state index >= 15 is 0 Å². The molecule has 1 saturated heterocycles. The number of phenols is 1. The molecule has 11 nitrogen and oxygen atoms in total. The number of fused-ring (bicyclic) bond motifs is 4. The van der Waals surface area contributed by atoms with E-state index in [1.165, 1.54) is 0 Å². The monoisotopic (exact) mass is 594 g/mol. The molecular weight excluding hydrogens is 568 g/mol. The van der Waals surface area contributed by atoms with Crippen molar-refractivity contribution in [2.75, 3.05) is 31.2 Å². The predicted molar refractivity (Wildman–Crippen MR) is 164 cm³/mol. The van der Waals surface area contributed by atoms with E-state index in [4.69, 9.17) is 4.74 Å². The summed E-state index contributed by atoms with van der Waals surface area (Å²) in [6.07, 6.45) is 7.20. The standard InChI is InChI=1S/C33H26N2O9/c1-2-3-4-5-17-13-16-12-15-6-7-33(25(15)29(40)20(16)32(43)34-17)30(41)23-24(31(33)42)28(39)22-21(27(23)38)19(36)14-18(26(22)37)35-8-10-44-11-9-35/h2-5,12-14,40-42H,6-11H2,1H3,(H,34,43)/b3-2+,5-4+/t33-/m0/s1. The van der Waals surface area contributed by atoms with Crippen LogP contribution >= 0.6 is 0 Å². The Morgan fingerprint density at radius 1 is 0.864 bits per heavy atom. The number of aliphatic hydroxyl groups is 2. The van der Waals surface area contributed by atoms with E-state index in [-0.39, 0.29) is 29.5 Å². The minimum Gasteiger partial charge on any atom is -0.510 e. The highest BCUT2D eigenvalue weighted by Gasteiger charge is 2.53. The second-order valence-electron chi connectivity index (χ2n) is 11.2. The van der Waals surface area contributed by atoms with Crippen molar-refractivity contribution in [3.63, 3.8) is 0 Å². The summed E-state index contributed by atoms with van der Waals surface area (Å²) in [5.74, 6) is -1.94. The van der Waals surface area contributed by atoms with Gasteiger partial charge in [-0.25, -0.2) is 0 Å². The summed E-state index contributed by atoms with van der Waals surface area (Å²) in [5, 5.41) is 32.7. The summed E-state index contributed by atoms with van der Waals surface area (Å²) in [7, 11) is 0. The highest BCUT2D eigenvalue weighted by Crippen LogP contribution is 2.54. The van der Waals surface area contributed by atoms with Crippen molar-refractivity contribution in [3.8, 4) is 5.75 Å². The molecule has 2 aromatic rings. The number of aliphatic hydroxyl groups excluding tert-OH is 2. The van der Waals surface area contributed by atoms with Gasteiger partial charge in [-0.1, -0.05) is 24.3 Å². The van der Waals surface area contributed by atoms with Crippen LogP contribution < -0.4 is 42.6 Å². The number of aromatic hydroxyl groups is 1. The molecule has 1 aliphatic heterocycles. The van der Waals surface area contributed by atoms with E-state index in [1.807, 2.05) is 13.0 Å². The number of benzene rings is 1. The van der Waals surface area contributed by atoms with Crippen LogP contribution in [0.15, 0.2) is 60.4 Å². The van der Waals surface area contributed by atoms with Gasteiger partial charge in [-0.2, -0.15) is 0 Å². The van der Waals surface area contributed by atoms with E-state index in [0.717, 1.165) is 6.07 Å². The fourth-order valence-corrected chi connectivity index (χ4v) is 7.03. The third-order valence-electron chi connectivity index (χ3n) is 9.00. The molecule has 1 aromatic carbocycles. The van der Waals surface area contributed by atoms with E-state index in [0.29, 0.717) is 42.9 Å². The average Bonchev–Trinajstić information content (AvgIpc) is 3.49. The summed E-state index contributed by atoms with van der Waals surface area (Å²) < 4.78 is 5.31. The first-order valence-electron chi connectivity index (χ1n) is 14.2. The van der Waals surface area contributed by atoms with Crippen LogP contribution in [0.4, 0.5) is 5.69 Å². The summed E-state index contributed by atoms with van der Waals surface area (Å²) in [4.78, 5) is 72.0. The van der Waals surface area contributed by atoms with Crippen LogP contribution in [0, 0.1) is 10.4 Å². The molecule has 4 N–H and O–H groups in total. The quantitative estimate of drug-likeness (QED) is 0.235. The maximum atomic E-state index is 13.9. The molecule has 0 amide bonds. The van der Waals surface area contributed by atoms with Gasteiger partial charge in [0.15, 0.2) is 5.43 Å². The Balaban J connectivity index is 1.54. The number of aromatic amines is 1. The molecule has 0 saturated carbocycles. The molecule has 222 valence electrons. The van der Waals surface area contributed by atoms with Crippen LogP contribution in [-0.4, -0.2) is 46.6 Å². The van der Waals surface area contributed by atoms with Gasteiger partial charge in [-0.3, -0.25) is 24.0 Å². The number of aromatic nitrogens is 1. The van der Waals surface area contributed by atoms with E-state index in [1.54, 1.807) is 35.3 Å². The molecule has 2 heterocycles. The van der Waals surface area contributed by atoms with Crippen LogP contribution in [0.2, 0.25) is 0 Å². The van der Waals surface area contributed by atoms with Crippen molar-refractivity contribution in [3.05, 3.63) is 125 Å². The lowest BCUT2D eigenvalue weighted by Crippen LogP contribution is -2.52. The number of H-pyrrole nitrogens is 1. The number of nitrogens with one attached hydrogen (secondary N) is 1. The van der Waals surface area contributed by atoms with Crippen molar-refractivity contribution < 1.29 is 20.1 Å². The van der Waals surface area contributed by atoms with Crippen molar-refractivity contribution in [1.29, 1.82) is 0 Å². The lowest BCUT2D eigenvalue weighted by Gasteiger charge is -2.27. The van der Waals surface area contributed by atoms with Crippen molar-refractivity contribution in [1.82, 2.24) is 4.98 Å². The number of hydrogen-bond acceptors (Lipinski definition) is 10. The zero-order valence-corrected chi connectivity index (χ0v) is 23.5. The average molecular weight is 595 g/mol. The molecule has 44 heavy (non-hydrogen) atoms. The van der Waals surface area contributed by atoms with Gasteiger partial charge in [-0.15, -0.1) is 0 Å². The Kier molecular flexibility index (Phi) is 6.02. The fraction of sp³-hybridized carbons (Fsp3) is 0.242. The zero-order valence-electron chi connectivity index (χ0n) is 23.5. The molecule has 4 aliphatic carbocycles. The molecule has 1 atom stereocenters. The maximum absolute atomic E-state index is 13.9. The highest BCUT2D eigenvalue weighted by molar-refractivity contribution is 5.94. The summed E-state index contributed by atoms with van der Waals surface area (Å²) in [5.41, 5.74) is -5.44. The SMILES string of the molecule is C/C=C/C=C/c1cc2cc3c(c(O)c2c(=O)[nH]1)[C@@]1(CC3)C(O)=c2c(=O)c3c(=O)cc(N4CCOCC4)c(=O)c=3c(=O)c2=C1O. The van der Waals surface area contributed by atoms with E-state index in [2.05, 4.69) is 4.98 Å². The van der Waals surface area contributed by atoms with Gasteiger partial charge in [0, 0.05) is 30.4 Å². The van der Waals surface area contributed by atoms with Gasteiger partial charge >= 0.3 is 0 Å². The number of phenolic OH excluding ortho intramolecular Hbond substituents is 1. The van der Waals surface area contributed by atoms with Gasteiger partial charge in [0.25, 0.3) is 5.56 Å². The molecule has 5 aliphatic rings. The van der Waals surface area contributed by atoms with E-state index < -0.39 is 70.8 Å². The number of aryl methyl sites for hydroxylation is 1. The van der Waals surface area contributed by atoms with E-state index in [9.17, 15) is 39.3 Å². The largest absolute Gasteiger partial charge is 0.510 e.